The number of nitrogens with zero attached hydrogens (tertiary/aromatic N) is 2. The smallest absolute Gasteiger partial charge is 0.248 e. The molecule has 0 spiro atoms. The largest absolute Gasteiger partial charge is 0.418 e. The monoisotopic (exact) mass is 203 g/mol. The predicted octanol–water partition coefficient (Wildman–Crippen LogP) is 2.54. The molecule has 0 saturated heterocycles. The summed E-state index contributed by atoms with van der Waals surface area (Å²) in [6.07, 6.45) is -0.976. The van der Waals surface area contributed by atoms with Crippen molar-refractivity contribution in [3.63, 3.8) is 0 Å². The lowest BCUT2D eigenvalue weighted by atomic mass is 10.1. The number of aryl methyl sites for hydroxylation is 1. The fourth-order valence-corrected chi connectivity index (χ4v) is 1.29. The fraction of sp³-hybridized carbons (Fsp3) is 0.273. The van der Waals surface area contributed by atoms with E-state index in [1.165, 1.54) is 6.92 Å². The van der Waals surface area contributed by atoms with Crippen molar-refractivity contribution < 1.29 is 9.52 Å². The molecule has 1 aromatic heterocycles. The van der Waals surface area contributed by atoms with Crippen molar-refractivity contribution in [3.8, 4) is 11.5 Å². The highest BCUT2D eigenvalue weighted by Gasteiger charge is 2.13. The van der Waals surface area contributed by atoms with Crippen LogP contribution in [0.25, 0.3) is 11.5 Å². The van der Waals surface area contributed by atoms with Crippen molar-refractivity contribution in [3.05, 3.63) is 35.7 Å². The van der Waals surface area contributed by atoms with Crippen LogP contribution in [0.1, 0.15) is 24.5 Å². The van der Waals surface area contributed by atoms with Crippen LogP contribution in [-0.2, 0) is 5.11 Å². The van der Waals surface area contributed by atoms with E-state index in [0.717, 1.165) is 11.1 Å². The molecule has 0 aliphatic heterocycles. The van der Waals surface area contributed by atoms with E-state index in [4.69, 9.17) is 4.42 Å². The lowest BCUT2D eigenvalue weighted by Gasteiger charge is -1.96. The van der Waals surface area contributed by atoms with Crippen molar-refractivity contribution in [2.45, 2.75) is 20.0 Å². The standard InChI is InChI=1S/C11H11N2O2/c1-7-4-3-5-9(6-7)11-13-12-10(15-11)8(2)14/h3-6,8H,1-2H3. The summed E-state index contributed by atoms with van der Waals surface area (Å²) in [6, 6.07) is 7.71. The molecule has 2 aromatic rings. The third-order valence-electron chi connectivity index (χ3n) is 2.05. The number of hydrogen-bond donors (Lipinski definition) is 0. The van der Waals surface area contributed by atoms with Gasteiger partial charge in [0.05, 0.1) is 0 Å². The Labute approximate surface area is 87.6 Å². The Hall–Kier alpha value is -1.68. The summed E-state index contributed by atoms with van der Waals surface area (Å²) in [5, 5.41) is 18.6. The van der Waals surface area contributed by atoms with Crippen molar-refractivity contribution in [2.24, 2.45) is 0 Å². The van der Waals surface area contributed by atoms with E-state index in [1.54, 1.807) is 0 Å². The Bertz CT molecular complexity index is 463. The van der Waals surface area contributed by atoms with E-state index in [1.807, 2.05) is 31.2 Å². The SMILES string of the molecule is Cc1cccc(-c2nnc(C(C)[O])o2)c1. The molecule has 0 aliphatic rings. The molecule has 4 nitrogen and oxygen atoms in total. The summed E-state index contributed by atoms with van der Waals surface area (Å²) < 4.78 is 5.25. The second kappa shape index (κ2) is 3.82. The summed E-state index contributed by atoms with van der Waals surface area (Å²) in [7, 11) is 0. The van der Waals surface area contributed by atoms with Gasteiger partial charge in [-0.3, -0.25) is 0 Å². The molecule has 0 N–H and O–H groups in total. The minimum atomic E-state index is -0.976. The normalized spacial score (nSPS) is 12.7. The van der Waals surface area contributed by atoms with Crippen LogP contribution < -0.4 is 0 Å². The lowest BCUT2D eigenvalue weighted by Crippen LogP contribution is -1.87. The van der Waals surface area contributed by atoms with Crippen molar-refractivity contribution >= 4 is 0 Å². The summed E-state index contributed by atoms with van der Waals surface area (Å²) in [4.78, 5) is 0. The van der Waals surface area contributed by atoms with Crippen LogP contribution in [0.5, 0.6) is 0 Å². The number of hydrogen-bond acceptors (Lipinski definition) is 3. The van der Waals surface area contributed by atoms with Crippen LogP contribution >= 0.6 is 0 Å². The summed E-state index contributed by atoms with van der Waals surface area (Å²) in [5.41, 5.74) is 1.96. The molecule has 15 heavy (non-hydrogen) atoms. The molecule has 0 saturated carbocycles. The van der Waals surface area contributed by atoms with E-state index in [-0.39, 0.29) is 5.89 Å². The summed E-state index contributed by atoms with van der Waals surface area (Å²) >= 11 is 0. The van der Waals surface area contributed by atoms with E-state index >= 15 is 0 Å². The third-order valence-corrected chi connectivity index (χ3v) is 2.05. The molecule has 4 heteroatoms. The van der Waals surface area contributed by atoms with Crippen molar-refractivity contribution in [2.75, 3.05) is 0 Å². The molecular formula is C11H11N2O2. The highest BCUT2D eigenvalue weighted by Crippen LogP contribution is 2.21. The maximum atomic E-state index is 11.0. The van der Waals surface area contributed by atoms with Crippen LogP contribution in [0, 0.1) is 6.92 Å². The Morgan fingerprint density at radius 2 is 2.13 bits per heavy atom. The summed E-state index contributed by atoms with van der Waals surface area (Å²) in [5.74, 6) is 0.530. The highest BCUT2D eigenvalue weighted by molar-refractivity contribution is 5.53. The first-order valence-electron chi connectivity index (χ1n) is 4.73. The zero-order valence-electron chi connectivity index (χ0n) is 8.60. The zero-order chi connectivity index (χ0) is 10.8. The molecule has 1 radical (unpaired) electrons. The predicted molar refractivity (Wildman–Crippen MR) is 53.6 cm³/mol. The van der Waals surface area contributed by atoms with E-state index in [2.05, 4.69) is 10.2 Å². The van der Waals surface area contributed by atoms with Gasteiger partial charge in [0.2, 0.25) is 11.8 Å². The topological polar surface area (TPSA) is 58.8 Å². The highest BCUT2D eigenvalue weighted by atomic mass is 16.4. The minimum absolute atomic E-state index is 0.131. The molecule has 2 rings (SSSR count). The van der Waals surface area contributed by atoms with Gasteiger partial charge in [-0.05, 0) is 26.0 Å². The van der Waals surface area contributed by atoms with Gasteiger partial charge in [0.25, 0.3) is 0 Å². The van der Waals surface area contributed by atoms with Crippen LogP contribution in [0.3, 0.4) is 0 Å². The van der Waals surface area contributed by atoms with Gasteiger partial charge in [-0.2, -0.15) is 0 Å². The number of aromatic nitrogens is 2. The maximum absolute atomic E-state index is 11.0. The molecule has 1 atom stereocenters. The Morgan fingerprint density at radius 1 is 1.33 bits per heavy atom. The molecule has 0 amide bonds. The van der Waals surface area contributed by atoms with Gasteiger partial charge in [0.1, 0.15) is 0 Å². The van der Waals surface area contributed by atoms with Crippen LogP contribution in [0.4, 0.5) is 0 Å². The Morgan fingerprint density at radius 3 is 2.73 bits per heavy atom. The fourth-order valence-electron chi connectivity index (χ4n) is 1.29. The van der Waals surface area contributed by atoms with Gasteiger partial charge in [-0.25, -0.2) is 5.11 Å². The van der Waals surface area contributed by atoms with Crippen LogP contribution in [0.2, 0.25) is 0 Å². The number of rotatable bonds is 2. The second-order valence-electron chi connectivity index (χ2n) is 3.46. The van der Waals surface area contributed by atoms with Crippen LogP contribution in [-0.4, -0.2) is 10.2 Å². The Kier molecular flexibility index (Phi) is 2.51. The van der Waals surface area contributed by atoms with Gasteiger partial charge in [0.15, 0.2) is 6.10 Å². The first-order chi connectivity index (χ1) is 7.16. The minimum Gasteiger partial charge on any atom is -0.418 e. The third kappa shape index (κ3) is 2.05. The van der Waals surface area contributed by atoms with Gasteiger partial charge in [-0.1, -0.05) is 17.7 Å². The first kappa shape index (κ1) is 9.86. The first-order valence-corrected chi connectivity index (χ1v) is 4.73. The molecule has 0 bridgehead atoms. The average molecular weight is 203 g/mol. The lowest BCUT2D eigenvalue weighted by molar-refractivity contribution is 0.0811. The zero-order valence-corrected chi connectivity index (χ0v) is 8.60. The van der Waals surface area contributed by atoms with Gasteiger partial charge in [0, 0.05) is 5.56 Å². The number of benzene rings is 1. The van der Waals surface area contributed by atoms with E-state index < -0.39 is 6.10 Å². The van der Waals surface area contributed by atoms with E-state index in [9.17, 15) is 5.11 Å². The van der Waals surface area contributed by atoms with E-state index in [0.29, 0.717) is 5.89 Å². The molecule has 77 valence electrons. The van der Waals surface area contributed by atoms with Crippen molar-refractivity contribution in [1.29, 1.82) is 0 Å². The molecule has 1 aromatic carbocycles. The quantitative estimate of drug-likeness (QED) is 0.753. The average Bonchev–Trinajstić information content (AvgIpc) is 2.66. The second-order valence-corrected chi connectivity index (χ2v) is 3.46. The molecule has 0 fully saturated rings. The van der Waals surface area contributed by atoms with Gasteiger partial charge in [-0.15, -0.1) is 10.2 Å². The van der Waals surface area contributed by atoms with Crippen molar-refractivity contribution in [1.82, 2.24) is 10.2 Å². The molecule has 1 unspecified atom stereocenters. The van der Waals surface area contributed by atoms with Crippen LogP contribution in [0.15, 0.2) is 28.7 Å². The maximum Gasteiger partial charge on any atom is 0.248 e. The Balaban J connectivity index is 2.37. The summed E-state index contributed by atoms with van der Waals surface area (Å²) in [6.45, 7) is 3.46. The molecular weight excluding hydrogens is 192 g/mol. The molecule has 1 heterocycles. The molecule has 0 aliphatic carbocycles. The van der Waals surface area contributed by atoms with Gasteiger partial charge < -0.3 is 4.42 Å². The van der Waals surface area contributed by atoms with Gasteiger partial charge >= 0.3 is 0 Å².